The summed E-state index contributed by atoms with van der Waals surface area (Å²) in [4.78, 5) is 12.3. The topological polar surface area (TPSA) is 55.1 Å². The molecule has 1 amide bonds. The van der Waals surface area contributed by atoms with E-state index in [2.05, 4.69) is 5.32 Å². The number of carbonyl (C=O) groups is 1. The second-order valence-electron chi connectivity index (χ2n) is 4.00. The quantitative estimate of drug-likeness (QED) is 0.827. The minimum absolute atomic E-state index is 0.0848. The smallest absolute Gasteiger partial charge is 0.251 e. The van der Waals surface area contributed by atoms with Crippen LogP contribution < -0.4 is 11.1 Å². The number of rotatable bonds is 4. The van der Waals surface area contributed by atoms with E-state index >= 15 is 0 Å². The molecular weight excluding hydrogens is 256 g/mol. The number of carbonyl (C=O) groups excluding carboxylic acids is 1. The molecule has 0 bridgehead atoms. The van der Waals surface area contributed by atoms with Crippen LogP contribution in [0.2, 0.25) is 5.02 Å². The van der Waals surface area contributed by atoms with Gasteiger partial charge in [0.25, 0.3) is 5.91 Å². The van der Waals surface area contributed by atoms with E-state index in [0.29, 0.717) is 22.0 Å². The van der Waals surface area contributed by atoms with E-state index in [9.17, 15) is 4.79 Å². The molecule has 0 spiro atoms. The number of nitrogens with two attached hydrogens (primary N) is 1. The third-order valence-electron chi connectivity index (χ3n) is 2.33. The molecule has 0 aliphatic heterocycles. The minimum atomic E-state index is -0.159. The molecule has 0 aromatic heterocycles. The molecular formula is C12H15ClN2OS. The normalized spacial score (nSPS) is 11.9. The van der Waals surface area contributed by atoms with Gasteiger partial charge < -0.3 is 11.1 Å². The van der Waals surface area contributed by atoms with Gasteiger partial charge in [0.05, 0.1) is 4.99 Å². The molecule has 92 valence electrons. The average molecular weight is 271 g/mol. The lowest BCUT2D eigenvalue weighted by molar-refractivity contribution is 0.0940. The lowest BCUT2D eigenvalue weighted by Gasteiger charge is -2.14. The summed E-state index contributed by atoms with van der Waals surface area (Å²) in [7, 11) is 0. The highest BCUT2D eigenvalue weighted by molar-refractivity contribution is 7.80. The van der Waals surface area contributed by atoms with E-state index in [1.54, 1.807) is 12.1 Å². The summed E-state index contributed by atoms with van der Waals surface area (Å²) in [5.41, 5.74) is 6.88. The maximum atomic E-state index is 12.0. The van der Waals surface area contributed by atoms with Crippen molar-refractivity contribution in [1.29, 1.82) is 0 Å². The molecule has 1 aromatic rings. The Kier molecular flexibility index (Phi) is 4.90. The van der Waals surface area contributed by atoms with Crippen LogP contribution in [0.5, 0.6) is 0 Å². The highest BCUT2D eigenvalue weighted by Crippen LogP contribution is 2.15. The zero-order chi connectivity index (χ0) is 13.0. The number of hydrogen-bond donors (Lipinski definition) is 2. The van der Waals surface area contributed by atoms with Gasteiger partial charge in [-0.15, -0.1) is 0 Å². The van der Waals surface area contributed by atoms with Gasteiger partial charge in [0, 0.05) is 23.0 Å². The fraction of sp³-hybridized carbons (Fsp3) is 0.333. The number of hydrogen-bond acceptors (Lipinski definition) is 2. The molecule has 1 atom stereocenters. The highest BCUT2D eigenvalue weighted by atomic mass is 35.5. The van der Waals surface area contributed by atoms with E-state index in [-0.39, 0.29) is 11.9 Å². The third kappa shape index (κ3) is 4.32. The van der Waals surface area contributed by atoms with Crippen molar-refractivity contribution in [3.05, 3.63) is 34.3 Å². The van der Waals surface area contributed by atoms with Crippen molar-refractivity contribution in [2.75, 3.05) is 0 Å². The van der Waals surface area contributed by atoms with Crippen LogP contribution in [-0.2, 0) is 0 Å². The SMILES string of the molecule is Cc1ccc(Cl)cc1C(=O)NC(C)CC(N)=S. The van der Waals surface area contributed by atoms with Gasteiger partial charge >= 0.3 is 0 Å². The second-order valence-corrected chi connectivity index (χ2v) is 4.97. The van der Waals surface area contributed by atoms with Gasteiger partial charge in [-0.2, -0.15) is 0 Å². The molecule has 1 rings (SSSR count). The molecule has 1 aromatic carbocycles. The number of thiocarbonyl (C=S) groups is 1. The minimum Gasteiger partial charge on any atom is -0.393 e. The summed E-state index contributed by atoms with van der Waals surface area (Å²) in [5.74, 6) is -0.159. The average Bonchev–Trinajstić information content (AvgIpc) is 2.20. The van der Waals surface area contributed by atoms with Gasteiger partial charge in [0.2, 0.25) is 0 Å². The van der Waals surface area contributed by atoms with Crippen molar-refractivity contribution in [2.45, 2.75) is 26.3 Å². The number of benzene rings is 1. The summed E-state index contributed by atoms with van der Waals surface area (Å²) >= 11 is 10.7. The van der Waals surface area contributed by atoms with E-state index in [4.69, 9.17) is 29.6 Å². The van der Waals surface area contributed by atoms with Crippen LogP contribution >= 0.6 is 23.8 Å². The Morgan fingerprint density at radius 2 is 2.24 bits per heavy atom. The summed E-state index contributed by atoms with van der Waals surface area (Å²) in [6.07, 6.45) is 0.487. The van der Waals surface area contributed by atoms with Crippen LogP contribution in [0.3, 0.4) is 0 Å². The van der Waals surface area contributed by atoms with E-state index in [0.717, 1.165) is 5.56 Å². The molecule has 3 nitrogen and oxygen atoms in total. The monoisotopic (exact) mass is 270 g/mol. The van der Waals surface area contributed by atoms with Crippen LogP contribution in [-0.4, -0.2) is 16.9 Å². The first-order valence-electron chi connectivity index (χ1n) is 5.25. The van der Waals surface area contributed by atoms with Crippen molar-refractivity contribution >= 4 is 34.7 Å². The highest BCUT2D eigenvalue weighted by Gasteiger charge is 2.12. The molecule has 5 heteroatoms. The molecule has 0 saturated heterocycles. The van der Waals surface area contributed by atoms with Crippen LogP contribution in [0.1, 0.15) is 29.3 Å². The Morgan fingerprint density at radius 1 is 1.59 bits per heavy atom. The molecule has 0 saturated carbocycles. The zero-order valence-electron chi connectivity index (χ0n) is 9.79. The van der Waals surface area contributed by atoms with Gasteiger partial charge in [-0.05, 0) is 31.5 Å². The summed E-state index contributed by atoms with van der Waals surface area (Å²) in [6, 6.07) is 5.14. The van der Waals surface area contributed by atoms with Crippen LogP contribution in [0.4, 0.5) is 0 Å². The van der Waals surface area contributed by atoms with E-state index in [1.165, 1.54) is 0 Å². The van der Waals surface area contributed by atoms with Crippen LogP contribution in [0, 0.1) is 6.92 Å². The maximum absolute atomic E-state index is 12.0. The maximum Gasteiger partial charge on any atom is 0.251 e. The fourth-order valence-electron chi connectivity index (χ4n) is 1.49. The first kappa shape index (κ1) is 13.9. The molecule has 0 heterocycles. The molecule has 1 unspecified atom stereocenters. The Hall–Kier alpha value is -1.13. The van der Waals surface area contributed by atoms with Gasteiger partial charge in [-0.3, -0.25) is 4.79 Å². The summed E-state index contributed by atoms with van der Waals surface area (Å²) in [5, 5.41) is 3.37. The molecule has 0 fully saturated rings. The van der Waals surface area contributed by atoms with Gasteiger partial charge in [-0.25, -0.2) is 0 Å². The Morgan fingerprint density at radius 3 is 2.82 bits per heavy atom. The Bertz CT molecular complexity index is 448. The van der Waals surface area contributed by atoms with E-state index in [1.807, 2.05) is 19.9 Å². The lowest BCUT2D eigenvalue weighted by Crippen LogP contribution is -2.35. The van der Waals surface area contributed by atoms with Crippen molar-refractivity contribution in [1.82, 2.24) is 5.32 Å². The van der Waals surface area contributed by atoms with Gasteiger partial charge in [0.1, 0.15) is 0 Å². The number of amides is 1. The van der Waals surface area contributed by atoms with Crippen molar-refractivity contribution < 1.29 is 4.79 Å². The van der Waals surface area contributed by atoms with Crippen LogP contribution in [0.25, 0.3) is 0 Å². The zero-order valence-corrected chi connectivity index (χ0v) is 11.4. The van der Waals surface area contributed by atoms with Crippen molar-refractivity contribution in [3.8, 4) is 0 Å². The molecule has 0 aliphatic carbocycles. The van der Waals surface area contributed by atoms with Crippen molar-refractivity contribution in [3.63, 3.8) is 0 Å². The fourth-order valence-corrected chi connectivity index (χ4v) is 1.92. The Balaban J connectivity index is 2.76. The molecule has 17 heavy (non-hydrogen) atoms. The molecule has 3 N–H and O–H groups in total. The Labute approximate surface area is 111 Å². The van der Waals surface area contributed by atoms with Crippen LogP contribution in [0.15, 0.2) is 18.2 Å². The standard InChI is InChI=1S/C12H15ClN2OS/c1-7-3-4-9(13)6-10(7)12(16)15-8(2)5-11(14)17/h3-4,6,8H,5H2,1-2H3,(H2,14,17)(H,15,16). The lowest BCUT2D eigenvalue weighted by atomic mass is 10.1. The predicted octanol–water partition coefficient (Wildman–Crippen LogP) is 2.44. The van der Waals surface area contributed by atoms with Gasteiger partial charge in [-0.1, -0.05) is 29.9 Å². The third-order valence-corrected chi connectivity index (χ3v) is 2.73. The predicted molar refractivity (Wildman–Crippen MR) is 74.5 cm³/mol. The first-order valence-corrected chi connectivity index (χ1v) is 6.04. The van der Waals surface area contributed by atoms with E-state index < -0.39 is 0 Å². The number of nitrogens with one attached hydrogen (secondary N) is 1. The summed E-state index contributed by atoms with van der Waals surface area (Å²) < 4.78 is 0. The van der Waals surface area contributed by atoms with Gasteiger partial charge in [0.15, 0.2) is 0 Å². The van der Waals surface area contributed by atoms with Crippen molar-refractivity contribution in [2.24, 2.45) is 5.73 Å². The number of aryl methyl sites for hydroxylation is 1. The summed E-state index contributed by atoms with van der Waals surface area (Å²) in [6.45, 7) is 3.72. The molecule has 0 radical (unpaired) electrons. The molecule has 0 aliphatic rings. The number of halogens is 1. The second kappa shape index (κ2) is 5.98. The first-order chi connectivity index (χ1) is 7.90. The largest absolute Gasteiger partial charge is 0.393 e.